The van der Waals surface area contributed by atoms with Crippen molar-refractivity contribution in [3.8, 4) is 0 Å². The SMILES string of the molecule is CC(C)C(O)CNCc1ccc2ccccc2c1. The van der Waals surface area contributed by atoms with E-state index in [0.29, 0.717) is 12.5 Å². The first-order valence-corrected chi connectivity index (χ1v) is 6.53. The first kappa shape index (κ1) is 13.1. The molecule has 1 unspecified atom stereocenters. The van der Waals surface area contributed by atoms with E-state index < -0.39 is 0 Å². The first-order valence-electron chi connectivity index (χ1n) is 6.53. The highest BCUT2D eigenvalue weighted by molar-refractivity contribution is 5.82. The van der Waals surface area contributed by atoms with Crippen molar-refractivity contribution in [1.29, 1.82) is 0 Å². The van der Waals surface area contributed by atoms with Crippen LogP contribution in [0.2, 0.25) is 0 Å². The lowest BCUT2D eigenvalue weighted by Gasteiger charge is -2.15. The smallest absolute Gasteiger partial charge is 0.0687 e. The molecule has 18 heavy (non-hydrogen) atoms. The van der Waals surface area contributed by atoms with Gasteiger partial charge < -0.3 is 10.4 Å². The minimum Gasteiger partial charge on any atom is -0.392 e. The van der Waals surface area contributed by atoms with Crippen LogP contribution in [0.15, 0.2) is 42.5 Å². The number of benzene rings is 2. The summed E-state index contributed by atoms with van der Waals surface area (Å²) in [5, 5.41) is 15.5. The van der Waals surface area contributed by atoms with Crippen LogP contribution in [-0.4, -0.2) is 17.8 Å². The molecule has 0 fully saturated rings. The van der Waals surface area contributed by atoms with Crippen molar-refractivity contribution in [2.75, 3.05) is 6.54 Å². The van der Waals surface area contributed by atoms with Gasteiger partial charge in [-0.25, -0.2) is 0 Å². The van der Waals surface area contributed by atoms with Gasteiger partial charge in [0.25, 0.3) is 0 Å². The Morgan fingerprint density at radius 1 is 1.06 bits per heavy atom. The fourth-order valence-electron chi connectivity index (χ4n) is 1.95. The summed E-state index contributed by atoms with van der Waals surface area (Å²) in [6.07, 6.45) is -0.273. The lowest BCUT2D eigenvalue weighted by molar-refractivity contribution is 0.123. The van der Waals surface area contributed by atoms with Gasteiger partial charge in [-0.05, 0) is 28.3 Å². The molecular formula is C16H21NO. The highest BCUT2D eigenvalue weighted by Crippen LogP contribution is 2.15. The molecule has 2 aromatic rings. The molecule has 0 saturated heterocycles. The third-order valence-electron chi connectivity index (χ3n) is 3.27. The minimum absolute atomic E-state index is 0.273. The van der Waals surface area contributed by atoms with Crippen LogP contribution in [0.3, 0.4) is 0 Å². The highest BCUT2D eigenvalue weighted by Gasteiger charge is 2.07. The van der Waals surface area contributed by atoms with Gasteiger partial charge in [0.15, 0.2) is 0 Å². The highest BCUT2D eigenvalue weighted by atomic mass is 16.3. The van der Waals surface area contributed by atoms with Gasteiger partial charge in [-0.15, -0.1) is 0 Å². The van der Waals surface area contributed by atoms with Gasteiger partial charge in [-0.3, -0.25) is 0 Å². The molecule has 2 aromatic carbocycles. The van der Waals surface area contributed by atoms with E-state index in [4.69, 9.17) is 0 Å². The van der Waals surface area contributed by atoms with Crippen molar-refractivity contribution in [3.05, 3.63) is 48.0 Å². The molecule has 0 amide bonds. The molecule has 0 aliphatic carbocycles. The van der Waals surface area contributed by atoms with Crippen molar-refractivity contribution in [3.63, 3.8) is 0 Å². The van der Waals surface area contributed by atoms with Gasteiger partial charge in [-0.1, -0.05) is 50.2 Å². The second kappa shape index (κ2) is 5.98. The van der Waals surface area contributed by atoms with Crippen LogP contribution >= 0.6 is 0 Å². The molecule has 2 heteroatoms. The number of nitrogens with one attached hydrogen (secondary N) is 1. The van der Waals surface area contributed by atoms with Crippen molar-refractivity contribution in [2.24, 2.45) is 5.92 Å². The lowest BCUT2D eigenvalue weighted by atomic mass is 10.1. The minimum atomic E-state index is -0.273. The molecule has 0 aliphatic rings. The molecule has 0 aromatic heterocycles. The molecule has 2 nitrogen and oxygen atoms in total. The standard InChI is InChI=1S/C16H21NO/c1-12(2)16(18)11-17-10-13-7-8-14-5-3-4-6-15(14)9-13/h3-9,12,16-18H,10-11H2,1-2H3. The largest absolute Gasteiger partial charge is 0.392 e. The maximum Gasteiger partial charge on any atom is 0.0687 e. The second-order valence-electron chi connectivity index (χ2n) is 5.12. The van der Waals surface area contributed by atoms with Crippen LogP contribution in [0.5, 0.6) is 0 Å². The van der Waals surface area contributed by atoms with Gasteiger partial charge in [-0.2, -0.15) is 0 Å². The molecule has 2 N–H and O–H groups in total. The Morgan fingerprint density at radius 2 is 1.78 bits per heavy atom. The monoisotopic (exact) mass is 243 g/mol. The summed E-state index contributed by atoms with van der Waals surface area (Å²) in [6.45, 7) is 5.50. The summed E-state index contributed by atoms with van der Waals surface area (Å²) in [6, 6.07) is 14.8. The average molecular weight is 243 g/mol. The van der Waals surface area contributed by atoms with Crippen molar-refractivity contribution in [2.45, 2.75) is 26.5 Å². The predicted molar refractivity (Wildman–Crippen MR) is 76.5 cm³/mol. The van der Waals surface area contributed by atoms with Crippen LogP contribution in [-0.2, 0) is 6.54 Å². The maximum absolute atomic E-state index is 9.71. The predicted octanol–water partition coefficient (Wildman–Crippen LogP) is 2.95. The summed E-state index contributed by atoms with van der Waals surface area (Å²) in [5.41, 5.74) is 1.25. The zero-order valence-corrected chi connectivity index (χ0v) is 11.1. The summed E-state index contributed by atoms with van der Waals surface area (Å²) in [5.74, 6) is 0.300. The molecule has 1 atom stereocenters. The number of hydrogen-bond donors (Lipinski definition) is 2. The number of fused-ring (bicyclic) bond motifs is 1. The molecule has 0 spiro atoms. The topological polar surface area (TPSA) is 32.3 Å². The van der Waals surface area contributed by atoms with Crippen LogP contribution in [0, 0.1) is 5.92 Å². The van der Waals surface area contributed by atoms with Crippen molar-refractivity contribution >= 4 is 10.8 Å². The Labute approximate surface area is 109 Å². The number of hydrogen-bond acceptors (Lipinski definition) is 2. The van der Waals surface area contributed by atoms with E-state index >= 15 is 0 Å². The molecule has 0 radical (unpaired) electrons. The summed E-state index contributed by atoms with van der Waals surface area (Å²) < 4.78 is 0. The average Bonchev–Trinajstić information content (AvgIpc) is 2.38. The molecule has 2 rings (SSSR count). The number of aliphatic hydroxyl groups is 1. The Bertz CT molecular complexity index is 507. The van der Waals surface area contributed by atoms with Crippen LogP contribution in [0.1, 0.15) is 19.4 Å². The quantitative estimate of drug-likeness (QED) is 0.846. The molecule has 0 bridgehead atoms. The van der Waals surface area contributed by atoms with E-state index in [-0.39, 0.29) is 6.10 Å². The van der Waals surface area contributed by atoms with E-state index in [9.17, 15) is 5.11 Å². The van der Waals surface area contributed by atoms with E-state index in [0.717, 1.165) is 6.54 Å². The summed E-state index contributed by atoms with van der Waals surface area (Å²) >= 11 is 0. The zero-order chi connectivity index (χ0) is 13.0. The Morgan fingerprint density at radius 3 is 2.50 bits per heavy atom. The molecule has 96 valence electrons. The van der Waals surface area contributed by atoms with Gasteiger partial charge >= 0.3 is 0 Å². The lowest BCUT2D eigenvalue weighted by Crippen LogP contribution is -2.30. The van der Waals surface area contributed by atoms with Crippen LogP contribution in [0.25, 0.3) is 10.8 Å². The number of rotatable bonds is 5. The Kier molecular flexibility index (Phi) is 4.34. The van der Waals surface area contributed by atoms with Crippen molar-refractivity contribution < 1.29 is 5.11 Å². The number of aliphatic hydroxyl groups excluding tert-OH is 1. The zero-order valence-electron chi connectivity index (χ0n) is 11.1. The van der Waals surface area contributed by atoms with Crippen molar-refractivity contribution in [1.82, 2.24) is 5.32 Å². The third kappa shape index (κ3) is 3.31. The fraction of sp³-hybridized carbons (Fsp3) is 0.375. The fourth-order valence-corrected chi connectivity index (χ4v) is 1.95. The van der Waals surface area contributed by atoms with Gasteiger partial charge in [0.05, 0.1) is 6.10 Å². The summed E-state index contributed by atoms with van der Waals surface area (Å²) in [7, 11) is 0. The van der Waals surface area contributed by atoms with Gasteiger partial charge in [0.2, 0.25) is 0 Å². The molecule has 0 heterocycles. The third-order valence-corrected chi connectivity index (χ3v) is 3.27. The van der Waals surface area contributed by atoms with Crippen LogP contribution < -0.4 is 5.32 Å². The van der Waals surface area contributed by atoms with E-state index in [1.807, 2.05) is 13.8 Å². The molecular weight excluding hydrogens is 222 g/mol. The maximum atomic E-state index is 9.71. The van der Waals surface area contributed by atoms with Gasteiger partial charge in [0.1, 0.15) is 0 Å². The Hall–Kier alpha value is -1.38. The molecule has 0 saturated carbocycles. The van der Waals surface area contributed by atoms with E-state index in [2.05, 4.69) is 47.8 Å². The first-order chi connectivity index (χ1) is 8.66. The second-order valence-corrected chi connectivity index (χ2v) is 5.12. The Balaban J connectivity index is 1.96. The normalized spacial score (nSPS) is 13.1. The van der Waals surface area contributed by atoms with Gasteiger partial charge in [0, 0.05) is 13.1 Å². The van der Waals surface area contributed by atoms with E-state index in [1.54, 1.807) is 0 Å². The van der Waals surface area contributed by atoms with E-state index in [1.165, 1.54) is 16.3 Å². The summed E-state index contributed by atoms with van der Waals surface area (Å²) in [4.78, 5) is 0. The van der Waals surface area contributed by atoms with Crippen LogP contribution in [0.4, 0.5) is 0 Å². The molecule has 0 aliphatic heterocycles.